The number of anilines is 1. The summed E-state index contributed by atoms with van der Waals surface area (Å²) in [5, 5.41) is 10.7. The highest BCUT2D eigenvalue weighted by Gasteiger charge is 2.28. The van der Waals surface area contributed by atoms with Gasteiger partial charge >= 0.3 is 0 Å². The summed E-state index contributed by atoms with van der Waals surface area (Å²) in [6.45, 7) is 8.77. The van der Waals surface area contributed by atoms with Crippen molar-refractivity contribution in [3.63, 3.8) is 0 Å². The van der Waals surface area contributed by atoms with Gasteiger partial charge in [-0.2, -0.15) is 0 Å². The molecular weight excluding hydrogens is 446 g/mol. The largest absolute Gasteiger partial charge is 0.352 e. The quantitative estimate of drug-likeness (QED) is 0.512. The van der Waals surface area contributed by atoms with Crippen LogP contribution in [0.2, 0.25) is 0 Å². The Morgan fingerprint density at radius 2 is 1.76 bits per heavy atom. The minimum Gasteiger partial charge on any atom is -0.352 e. The van der Waals surface area contributed by atoms with Gasteiger partial charge in [-0.3, -0.25) is 9.59 Å². The third-order valence-electron chi connectivity index (χ3n) is 6.38. The highest BCUT2D eigenvalue weighted by molar-refractivity contribution is 7.12. The number of aryl methyl sites for hydroxylation is 1. The predicted octanol–water partition coefficient (Wildman–Crippen LogP) is 4.10. The van der Waals surface area contributed by atoms with E-state index in [1.54, 1.807) is 4.90 Å². The minimum atomic E-state index is -0.0692. The van der Waals surface area contributed by atoms with Crippen molar-refractivity contribution in [2.24, 2.45) is 0 Å². The summed E-state index contributed by atoms with van der Waals surface area (Å²) in [5.41, 5.74) is 3.10. The molecular formula is C26H31N5O2S. The minimum absolute atomic E-state index is 0.00200. The molecule has 1 aromatic carbocycles. The number of carbonyl (C=O) groups is 2. The molecule has 2 aromatic heterocycles. The zero-order valence-corrected chi connectivity index (χ0v) is 20.8. The zero-order valence-electron chi connectivity index (χ0n) is 20.0. The third kappa shape index (κ3) is 5.44. The van der Waals surface area contributed by atoms with Crippen molar-refractivity contribution in [2.45, 2.75) is 33.2 Å². The Bertz CT molecular complexity index is 1090. The number of carbonyl (C=O) groups excluding carboxylic acids is 2. The molecule has 0 aliphatic carbocycles. The highest BCUT2D eigenvalue weighted by atomic mass is 32.1. The average molecular weight is 478 g/mol. The summed E-state index contributed by atoms with van der Waals surface area (Å²) in [7, 11) is 0. The smallest absolute Gasteiger partial charge is 0.264 e. The van der Waals surface area contributed by atoms with Gasteiger partial charge in [0.25, 0.3) is 5.91 Å². The van der Waals surface area contributed by atoms with E-state index in [-0.39, 0.29) is 24.4 Å². The molecule has 1 atom stereocenters. The van der Waals surface area contributed by atoms with Crippen LogP contribution < -0.4 is 4.90 Å². The number of benzene rings is 1. The molecule has 0 saturated carbocycles. The lowest BCUT2D eigenvalue weighted by atomic mass is 10.1. The Balaban J connectivity index is 1.34. The molecule has 4 rings (SSSR count). The molecule has 1 aliphatic rings. The van der Waals surface area contributed by atoms with Crippen molar-refractivity contribution >= 4 is 29.0 Å². The number of piperazine rings is 1. The molecule has 0 unspecified atom stereocenters. The summed E-state index contributed by atoms with van der Waals surface area (Å²) < 4.78 is 0. The van der Waals surface area contributed by atoms with Crippen molar-refractivity contribution < 1.29 is 9.59 Å². The molecule has 8 heteroatoms. The molecule has 1 saturated heterocycles. The lowest BCUT2D eigenvalue weighted by Crippen LogP contribution is -2.53. The Kier molecular flexibility index (Phi) is 7.57. The fraction of sp³-hybridized carbons (Fsp3) is 0.385. The number of thiophene rings is 1. The van der Waals surface area contributed by atoms with Gasteiger partial charge in [0.2, 0.25) is 5.91 Å². The number of aromatic nitrogens is 2. The fourth-order valence-electron chi connectivity index (χ4n) is 3.99. The van der Waals surface area contributed by atoms with Crippen LogP contribution in [0.1, 0.15) is 35.5 Å². The Labute approximate surface area is 205 Å². The van der Waals surface area contributed by atoms with E-state index < -0.39 is 0 Å². The normalized spacial score (nSPS) is 14.7. The Morgan fingerprint density at radius 3 is 2.35 bits per heavy atom. The van der Waals surface area contributed by atoms with E-state index in [2.05, 4.69) is 46.3 Å². The molecule has 34 heavy (non-hydrogen) atoms. The van der Waals surface area contributed by atoms with Crippen molar-refractivity contribution in [3.8, 4) is 11.3 Å². The van der Waals surface area contributed by atoms with E-state index in [4.69, 9.17) is 0 Å². The van der Waals surface area contributed by atoms with E-state index in [1.807, 2.05) is 48.4 Å². The lowest BCUT2D eigenvalue weighted by Gasteiger charge is -2.37. The van der Waals surface area contributed by atoms with Gasteiger partial charge in [-0.05, 0) is 43.8 Å². The van der Waals surface area contributed by atoms with Crippen LogP contribution in [-0.2, 0) is 4.79 Å². The molecule has 0 N–H and O–H groups in total. The van der Waals surface area contributed by atoms with Crippen LogP contribution in [0.3, 0.4) is 0 Å². The molecule has 1 fully saturated rings. The molecule has 178 valence electrons. The van der Waals surface area contributed by atoms with E-state index in [0.29, 0.717) is 31.1 Å². The second-order valence-corrected chi connectivity index (χ2v) is 9.63. The Morgan fingerprint density at radius 1 is 1.03 bits per heavy atom. The van der Waals surface area contributed by atoms with Gasteiger partial charge in [-0.1, -0.05) is 42.8 Å². The van der Waals surface area contributed by atoms with Crippen molar-refractivity contribution in [3.05, 3.63) is 64.4 Å². The summed E-state index contributed by atoms with van der Waals surface area (Å²) in [6, 6.07) is 15.9. The van der Waals surface area contributed by atoms with E-state index in [1.165, 1.54) is 16.9 Å². The number of hydrogen-bond donors (Lipinski definition) is 0. The third-order valence-corrected chi connectivity index (χ3v) is 7.23. The van der Waals surface area contributed by atoms with E-state index >= 15 is 0 Å². The highest BCUT2D eigenvalue weighted by Crippen LogP contribution is 2.20. The van der Waals surface area contributed by atoms with Gasteiger partial charge in [-0.25, -0.2) is 0 Å². The van der Waals surface area contributed by atoms with Crippen LogP contribution >= 0.6 is 11.3 Å². The monoisotopic (exact) mass is 477 g/mol. The first-order valence-electron chi connectivity index (χ1n) is 11.7. The predicted molar refractivity (Wildman–Crippen MR) is 136 cm³/mol. The standard InChI is InChI=1S/C26H31N5O2S/c1-4-20(3)31(26(33)23-6-5-17-34-23)18-25(32)30-15-13-29(14-16-30)24-12-11-22(27-28-24)21-9-7-19(2)8-10-21/h5-12,17,20H,4,13-16,18H2,1-3H3/t20-/m1/s1. The maximum absolute atomic E-state index is 13.1. The average Bonchev–Trinajstić information content (AvgIpc) is 3.42. The zero-order chi connectivity index (χ0) is 24.1. The van der Waals surface area contributed by atoms with Crippen molar-refractivity contribution in [2.75, 3.05) is 37.6 Å². The number of rotatable bonds is 7. The van der Waals surface area contributed by atoms with Crippen LogP contribution in [0.4, 0.5) is 5.82 Å². The number of nitrogens with zero attached hydrogens (tertiary/aromatic N) is 5. The molecule has 0 bridgehead atoms. The molecule has 2 amide bonds. The van der Waals surface area contributed by atoms with Gasteiger partial charge in [0, 0.05) is 37.8 Å². The van der Waals surface area contributed by atoms with E-state index in [0.717, 1.165) is 23.5 Å². The van der Waals surface area contributed by atoms with Gasteiger partial charge in [0.15, 0.2) is 5.82 Å². The molecule has 3 heterocycles. The van der Waals surface area contributed by atoms with Crippen LogP contribution in [0.5, 0.6) is 0 Å². The Hall–Kier alpha value is -3.26. The van der Waals surface area contributed by atoms with Gasteiger partial charge in [0.1, 0.15) is 6.54 Å². The van der Waals surface area contributed by atoms with Crippen LogP contribution in [0.25, 0.3) is 11.3 Å². The number of amides is 2. The van der Waals surface area contributed by atoms with Crippen molar-refractivity contribution in [1.82, 2.24) is 20.0 Å². The first-order valence-corrected chi connectivity index (χ1v) is 12.6. The van der Waals surface area contributed by atoms with Crippen LogP contribution in [0.15, 0.2) is 53.9 Å². The number of hydrogen-bond acceptors (Lipinski definition) is 6. The second-order valence-electron chi connectivity index (χ2n) is 8.68. The first-order chi connectivity index (χ1) is 16.5. The maximum Gasteiger partial charge on any atom is 0.264 e. The summed E-state index contributed by atoms with van der Waals surface area (Å²) in [5.74, 6) is 0.739. The summed E-state index contributed by atoms with van der Waals surface area (Å²) in [6.07, 6.45) is 0.801. The molecule has 3 aromatic rings. The van der Waals surface area contributed by atoms with E-state index in [9.17, 15) is 9.59 Å². The second kappa shape index (κ2) is 10.8. The van der Waals surface area contributed by atoms with Crippen LogP contribution in [0, 0.1) is 6.92 Å². The SMILES string of the molecule is CC[C@@H](C)N(CC(=O)N1CCN(c2ccc(-c3ccc(C)cc3)nn2)CC1)C(=O)c1cccs1. The first kappa shape index (κ1) is 23.9. The summed E-state index contributed by atoms with van der Waals surface area (Å²) >= 11 is 1.41. The van der Waals surface area contributed by atoms with Crippen LogP contribution in [-0.4, -0.2) is 70.6 Å². The van der Waals surface area contributed by atoms with Gasteiger partial charge in [-0.15, -0.1) is 21.5 Å². The fourth-order valence-corrected chi connectivity index (χ4v) is 4.67. The van der Waals surface area contributed by atoms with Gasteiger partial charge < -0.3 is 14.7 Å². The summed E-state index contributed by atoms with van der Waals surface area (Å²) in [4.78, 5) is 32.4. The molecule has 1 aliphatic heterocycles. The topological polar surface area (TPSA) is 69.6 Å². The maximum atomic E-state index is 13.1. The lowest BCUT2D eigenvalue weighted by molar-refractivity contribution is -0.132. The van der Waals surface area contributed by atoms with Gasteiger partial charge in [0.05, 0.1) is 10.6 Å². The molecule has 7 nitrogen and oxygen atoms in total. The van der Waals surface area contributed by atoms with Crippen molar-refractivity contribution in [1.29, 1.82) is 0 Å². The molecule has 0 spiro atoms. The molecule has 0 radical (unpaired) electrons.